The number of fused-ring (bicyclic) bond motifs is 2. The summed E-state index contributed by atoms with van der Waals surface area (Å²) >= 11 is 1.71. The molecule has 2 N–H and O–H groups in total. The minimum Gasteiger partial charge on any atom is -0.494 e. The maximum absolute atomic E-state index is 13.5. The number of methoxy groups -OCH3 is 1. The van der Waals surface area contributed by atoms with E-state index in [9.17, 15) is 9.59 Å². The van der Waals surface area contributed by atoms with E-state index in [0.717, 1.165) is 42.8 Å². The quantitative estimate of drug-likeness (QED) is 0.423. The van der Waals surface area contributed by atoms with E-state index in [1.807, 2.05) is 17.7 Å². The molecule has 4 aromatic rings. The minimum absolute atomic E-state index is 0.145. The number of likely N-dealkylation sites (tertiary alicyclic amines) is 1. The lowest BCUT2D eigenvalue weighted by atomic mass is 10.1. The normalized spacial score (nSPS) is 16.5. The number of amides is 2. The molecule has 0 radical (unpaired) electrons. The number of imidazole rings is 1. The lowest BCUT2D eigenvalue weighted by Gasteiger charge is -2.24. The predicted octanol–water partition coefficient (Wildman–Crippen LogP) is 4.55. The third-order valence-corrected chi connectivity index (χ3v) is 7.69. The molecule has 1 fully saturated rings. The summed E-state index contributed by atoms with van der Waals surface area (Å²) in [6.45, 7) is 3.88. The van der Waals surface area contributed by atoms with E-state index in [1.165, 1.54) is 10.2 Å². The molecule has 1 aliphatic heterocycles. The highest BCUT2D eigenvalue weighted by atomic mass is 32.1. The minimum atomic E-state index is -1.06. The van der Waals surface area contributed by atoms with Gasteiger partial charge < -0.3 is 29.2 Å². The Morgan fingerprint density at radius 1 is 1.29 bits per heavy atom. The van der Waals surface area contributed by atoms with Gasteiger partial charge in [-0.25, -0.2) is 9.78 Å². The van der Waals surface area contributed by atoms with Crippen molar-refractivity contribution in [1.82, 2.24) is 24.3 Å². The van der Waals surface area contributed by atoms with E-state index in [0.29, 0.717) is 29.9 Å². The molecule has 1 aliphatic rings. The number of benzene rings is 1. The molecule has 1 unspecified atom stereocenters. The zero-order valence-electron chi connectivity index (χ0n) is 20.1. The van der Waals surface area contributed by atoms with E-state index in [2.05, 4.69) is 34.3 Å². The molecule has 0 saturated carbocycles. The first-order valence-electron chi connectivity index (χ1n) is 11.8. The number of rotatable bonds is 5. The molecule has 0 spiro atoms. The van der Waals surface area contributed by atoms with Gasteiger partial charge in [0.15, 0.2) is 5.82 Å². The van der Waals surface area contributed by atoms with E-state index < -0.39 is 6.09 Å². The Bertz CT molecular complexity index is 1420. The van der Waals surface area contributed by atoms with Crippen LogP contribution in [0.3, 0.4) is 0 Å². The summed E-state index contributed by atoms with van der Waals surface area (Å²) < 4.78 is 9.98. The Morgan fingerprint density at radius 3 is 2.86 bits per heavy atom. The smallest absolute Gasteiger partial charge is 0.404 e. The Morgan fingerprint density at radius 2 is 2.11 bits per heavy atom. The first kappa shape index (κ1) is 23.2. The van der Waals surface area contributed by atoms with Crippen LogP contribution in [0.1, 0.15) is 36.5 Å². The predicted molar refractivity (Wildman–Crippen MR) is 136 cm³/mol. The lowest BCUT2D eigenvalue weighted by Crippen LogP contribution is -2.44. The second-order valence-electron chi connectivity index (χ2n) is 8.89. The van der Waals surface area contributed by atoms with Crippen LogP contribution in [0.5, 0.6) is 5.75 Å². The zero-order valence-corrected chi connectivity index (χ0v) is 20.9. The third kappa shape index (κ3) is 4.12. The summed E-state index contributed by atoms with van der Waals surface area (Å²) in [4.78, 5) is 32.5. The highest BCUT2D eigenvalue weighted by molar-refractivity contribution is 7.16. The molecular formula is C25H29N5O4S. The molecule has 0 aliphatic carbocycles. The molecule has 3 aromatic heterocycles. The van der Waals surface area contributed by atoms with Crippen molar-refractivity contribution in [2.24, 2.45) is 7.05 Å². The fourth-order valence-electron chi connectivity index (χ4n) is 5.09. The molecule has 0 bridgehead atoms. The molecule has 1 atom stereocenters. The maximum atomic E-state index is 13.5. The van der Waals surface area contributed by atoms with Crippen LogP contribution in [0, 0.1) is 0 Å². The number of carbonyl (C=O) groups is 2. The summed E-state index contributed by atoms with van der Waals surface area (Å²) in [6.07, 6.45) is 1.36. The Hall–Kier alpha value is -3.53. The average Bonchev–Trinajstić information content (AvgIpc) is 3.46. The Labute approximate surface area is 206 Å². The van der Waals surface area contributed by atoms with Crippen LogP contribution >= 0.6 is 11.3 Å². The number of thiophene rings is 1. The number of aryl methyl sites for hydroxylation is 2. The van der Waals surface area contributed by atoms with Gasteiger partial charge in [-0.1, -0.05) is 0 Å². The molecule has 184 valence electrons. The van der Waals surface area contributed by atoms with Gasteiger partial charge >= 0.3 is 6.09 Å². The van der Waals surface area contributed by atoms with Crippen molar-refractivity contribution in [3.05, 3.63) is 35.2 Å². The summed E-state index contributed by atoms with van der Waals surface area (Å²) in [5.41, 5.74) is 3.03. The van der Waals surface area contributed by atoms with Gasteiger partial charge in [0, 0.05) is 43.7 Å². The molecule has 10 heteroatoms. The first-order valence-corrected chi connectivity index (χ1v) is 12.7. The fourth-order valence-corrected chi connectivity index (χ4v) is 6.06. The van der Waals surface area contributed by atoms with Crippen molar-refractivity contribution in [1.29, 1.82) is 0 Å². The molecular weight excluding hydrogens is 466 g/mol. The molecule has 2 amide bonds. The number of nitrogens with one attached hydrogen (secondary N) is 1. The van der Waals surface area contributed by atoms with E-state index in [4.69, 9.17) is 14.8 Å². The van der Waals surface area contributed by atoms with E-state index in [1.54, 1.807) is 29.4 Å². The largest absolute Gasteiger partial charge is 0.494 e. The fraction of sp³-hybridized carbons (Fsp3) is 0.400. The van der Waals surface area contributed by atoms with Crippen LogP contribution in [0.25, 0.3) is 32.8 Å². The monoisotopic (exact) mass is 495 g/mol. The molecule has 35 heavy (non-hydrogen) atoms. The molecule has 9 nitrogen and oxygen atoms in total. The van der Waals surface area contributed by atoms with Crippen LogP contribution < -0.4 is 10.1 Å². The highest BCUT2D eigenvalue weighted by Crippen LogP contribution is 2.35. The summed E-state index contributed by atoms with van der Waals surface area (Å²) in [5.74, 6) is 1.25. The van der Waals surface area contributed by atoms with E-state index in [-0.39, 0.29) is 11.9 Å². The van der Waals surface area contributed by atoms with Gasteiger partial charge in [-0.05, 0) is 55.8 Å². The topological polar surface area (TPSA) is 102 Å². The van der Waals surface area contributed by atoms with Crippen LogP contribution in [0.4, 0.5) is 4.79 Å². The number of ether oxygens (including phenoxy) is 1. The average molecular weight is 496 g/mol. The van der Waals surface area contributed by atoms with E-state index >= 15 is 0 Å². The SMILES string of the molecule is CCn1c(-c2nc3cc(C(=O)N4CCCCC(NC(=O)O)C4)cc(OC)c3n2C)cc2ccsc21. The Balaban J connectivity index is 1.55. The van der Waals surface area contributed by atoms with Crippen LogP contribution in [-0.4, -0.2) is 62.4 Å². The molecule has 5 rings (SSSR count). The van der Waals surface area contributed by atoms with Gasteiger partial charge in [-0.15, -0.1) is 11.3 Å². The summed E-state index contributed by atoms with van der Waals surface area (Å²) in [6, 6.07) is 7.57. The number of hydrogen-bond donors (Lipinski definition) is 2. The molecule has 1 saturated heterocycles. The summed E-state index contributed by atoms with van der Waals surface area (Å²) in [5, 5.41) is 15.0. The lowest BCUT2D eigenvalue weighted by molar-refractivity contribution is 0.0747. The number of aromatic nitrogens is 3. The van der Waals surface area contributed by atoms with Crippen molar-refractivity contribution < 1.29 is 19.4 Å². The number of hydrogen-bond acceptors (Lipinski definition) is 5. The molecule has 4 heterocycles. The van der Waals surface area contributed by atoms with Crippen molar-refractivity contribution in [2.45, 2.75) is 38.8 Å². The maximum Gasteiger partial charge on any atom is 0.404 e. The van der Waals surface area contributed by atoms with Gasteiger partial charge in [-0.2, -0.15) is 0 Å². The van der Waals surface area contributed by atoms with Crippen LogP contribution in [0.15, 0.2) is 29.6 Å². The number of carboxylic acid groups (broad SMARTS) is 1. The molecule has 1 aromatic carbocycles. The van der Waals surface area contributed by atoms with Crippen LogP contribution in [0.2, 0.25) is 0 Å². The van der Waals surface area contributed by atoms with Crippen molar-refractivity contribution in [3.8, 4) is 17.3 Å². The standard InChI is InChI=1S/C25H29N5O4S/c1-4-30-19(12-15-8-10-35-24(15)30)22-27-18-11-16(13-20(34-3)21(18)28(22)2)23(31)29-9-6-5-7-17(14-29)26-25(32)33/h8,10-13,17,26H,4-7,9,14H2,1-3H3,(H,32,33). The number of carbonyl (C=O) groups excluding carboxylic acids is 1. The van der Waals surface area contributed by atoms with Crippen molar-refractivity contribution >= 4 is 44.6 Å². The van der Waals surface area contributed by atoms with Gasteiger partial charge in [0.1, 0.15) is 16.1 Å². The van der Waals surface area contributed by atoms with Gasteiger partial charge in [0.2, 0.25) is 0 Å². The van der Waals surface area contributed by atoms with Gasteiger partial charge in [-0.3, -0.25) is 4.79 Å². The Kier molecular flexibility index (Phi) is 6.14. The van der Waals surface area contributed by atoms with Crippen molar-refractivity contribution in [2.75, 3.05) is 20.2 Å². The third-order valence-electron chi connectivity index (χ3n) is 6.74. The second-order valence-corrected chi connectivity index (χ2v) is 9.78. The zero-order chi connectivity index (χ0) is 24.7. The van der Waals surface area contributed by atoms with Gasteiger partial charge in [0.05, 0.1) is 18.3 Å². The summed E-state index contributed by atoms with van der Waals surface area (Å²) in [7, 11) is 3.56. The van der Waals surface area contributed by atoms with Gasteiger partial charge in [0.25, 0.3) is 5.91 Å². The second kappa shape index (κ2) is 9.26. The first-order chi connectivity index (χ1) is 16.9. The number of nitrogens with zero attached hydrogens (tertiary/aromatic N) is 4. The van der Waals surface area contributed by atoms with Crippen molar-refractivity contribution in [3.63, 3.8) is 0 Å². The highest BCUT2D eigenvalue weighted by Gasteiger charge is 2.26. The van der Waals surface area contributed by atoms with Crippen LogP contribution in [-0.2, 0) is 13.6 Å².